The van der Waals surface area contributed by atoms with Gasteiger partial charge in [-0.2, -0.15) is 5.10 Å². The number of amides is 1. The second kappa shape index (κ2) is 7.80. The molecule has 0 spiro atoms. The molecule has 0 saturated carbocycles. The van der Waals surface area contributed by atoms with E-state index in [2.05, 4.69) is 21.9 Å². The van der Waals surface area contributed by atoms with Crippen LogP contribution in [0.15, 0.2) is 42.7 Å². The standard InChI is InChI=1S/C21H27FN4O/c1-24-14-18(16-7-5-8-17(22)13-16)21-19(24)9-3-2-4-12-26(21)20(27)15-25-11-6-10-23-25/h5-8,10-11,13,18-19,21H,2-4,9,12,14-15H2,1H3/t18-,19+,21-/m0/s1. The molecule has 0 unspecified atom stereocenters. The van der Waals surface area contributed by atoms with Crippen LogP contribution in [0.3, 0.4) is 0 Å². The monoisotopic (exact) mass is 370 g/mol. The Bertz CT molecular complexity index is 778. The first-order chi connectivity index (χ1) is 13.1. The minimum atomic E-state index is -0.209. The van der Waals surface area contributed by atoms with E-state index in [1.54, 1.807) is 23.0 Å². The summed E-state index contributed by atoms with van der Waals surface area (Å²) in [7, 11) is 2.13. The van der Waals surface area contributed by atoms with Gasteiger partial charge in [0, 0.05) is 37.4 Å². The van der Waals surface area contributed by atoms with Crippen LogP contribution in [0.5, 0.6) is 0 Å². The molecule has 3 atom stereocenters. The molecule has 1 amide bonds. The van der Waals surface area contributed by atoms with E-state index in [-0.39, 0.29) is 30.2 Å². The van der Waals surface area contributed by atoms with Crippen LogP contribution in [-0.4, -0.2) is 57.7 Å². The number of rotatable bonds is 3. The third-order valence-electron chi connectivity index (χ3n) is 6.07. The summed E-state index contributed by atoms with van der Waals surface area (Å²) < 4.78 is 15.6. The molecular weight excluding hydrogens is 343 g/mol. The van der Waals surface area contributed by atoms with Crippen molar-refractivity contribution in [3.05, 3.63) is 54.1 Å². The van der Waals surface area contributed by atoms with Gasteiger partial charge in [0.15, 0.2) is 0 Å². The van der Waals surface area contributed by atoms with Crippen LogP contribution in [0.2, 0.25) is 0 Å². The maximum Gasteiger partial charge on any atom is 0.244 e. The van der Waals surface area contributed by atoms with Gasteiger partial charge in [-0.25, -0.2) is 4.39 Å². The fourth-order valence-electron chi connectivity index (χ4n) is 4.81. The highest BCUT2D eigenvalue weighted by Gasteiger charge is 2.45. The highest BCUT2D eigenvalue weighted by atomic mass is 19.1. The number of halogens is 1. The first-order valence-electron chi connectivity index (χ1n) is 9.86. The van der Waals surface area contributed by atoms with Gasteiger partial charge in [-0.05, 0) is 43.7 Å². The van der Waals surface area contributed by atoms with Crippen LogP contribution >= 0.6 is 0 Å². The van der Waals surface area contributed by atoms with Crippen molar-refractivity contribution in [2.75, 3.05) is 20.1 Å². The van der Waals surface area contributed by atoms with Crippen molar-refractivity contribution in [1.82, 2.24) is 19.6 Å². The normalized spacial score (nSPS) is 26.4. The molecule has 2 aromatic rings. The van der Waals surface area contributed by atoms with Gasteiger partial charge in [-0.1, -0.05) is 25.0 Å². The van der Waals surface area contributed by atoms with Gasteiger partial charge < -0.3 is 9.80 Å². The third-order valence-corrected chi connectivity index (χ3v) is 6.07. The molecule has 2 aliphatic heterocycles. The SMILES string of the molecule is CN1C[C@@H](c2cccc(F)c2)[C@H]2[C@H]1CCCCCN2C(=O)Cn1cccn1. The fourth-order valence-corrected chi connectivity index (χ4v) is 4.81. The zero-order valence-corrected chi connectivity index (χ0v) is 15.8. The second-order valence-electron chi connectivity index (χ2n) is 7.80. The number of likely N-dealkylation sites (N-methyl/N-ethyl adjacent to an activating group) is 1. The van der Waals surface area contributed by atoms with E-state index in [0.29, 0.717) is 6.04 Å². The van der Waals surface area contributed by atoms with Gasteiger partial charge in [0.2, 0.25) is 5.91 Å². The predicted molar refractivity (Wildman–Crippen MR) is 102 cm³/mol. The van der Waals surface area contributed by atoms with Crippen LogP contribution in [0, 0.1) is 5.82 Å². The van der Waals surface area contributed by atoms with Crippen LogP contribution in [-0.2, 0) is 11.3 Å². The van der Waals surface area contributed by atoms with Gasteiger partial charge in [-0.3, -0.25) is 9.48 Å². The maximum absolute atomic E-state index is 13.9. The van der Waals surface area contributed by atoms with Crippen LogP contribution < -0.4 is 0 Å². The topological polar surface area (TPSA) is 41.4 Å². The number of carbonyl (C=O) groups excluding carboxylic acids is 1. The molecule has 0 radical (unpaired) electrons. The van der Waals surface area contributed by atoms with Gasteiger partial charge >= 0.3 is 0 Å². The average Bonchev–Trinajstić information content (AvgIpc) is 3.23. The molecule has 0 aliphatic carbocycles. The Balaban J connectivity index is 1.66. The smallest absolute Gasteiger partial charge is 0.244 e. The molecule has 144 valence electrons. The van der Waals surface area contributed by atoms with E-state index >= 15 is 0 Å². The van der Waals surface area contributed by atoms with Crippen molar-refractivity contribution >= 4 is 5.91 Å². The Hall–Kier alpha value is -2.21. The summed E-state index contributed by atoms with van der Waals surface area (Å²) in [6.45, 7) is 1.88. The van der Waals surface area contributed by atoms with Crippen molar-refractivity contribution in [3.8, 4) is 0 Å². The molecule has 27 heavy (non-hydrogen) atoms. The quantitative estimate of drug-likeness (QED) is 0.834. The zero-order chi connectivity index (χ0) is 18.8. The van der Waals surface area contributed by atoms with Crippen molar-refractivity contribution < 1.29 is 9.18 Å². The number of carbonyl (C=O) groups is 1. The third kappa shape index (κ3) is 3.76. The number of benzene rings is 1. The van der Waals surface area contributed by atoms with Crippen molar-refractivity contribution in [2.24, 2.45) is 0 Å². The van der Waals surface area contributed by atoms with Crippen LogP contribution in [0.25, 0.3) is 0 Å². The minimum absolute atomic E-state index is 0.0835. The van der Waals surface area contributed by atoms with E-state index in [4.69, 9.17) is 0 Å². The van der Waals surface area contributed by atoms with Crippen molar-refractivity contribution in [1.29, 1.82) is 0 Å². The van der Waals surface area contributed by atoms with Crippen LogP contribution in [0.1, 0.15) is 37.2 Å². The number of hydrogen-bond acceptors (Lipinski definition) is 3. The zero-order valence-electron chi connectivity index (χ0n) is 15.8. The lowest BCUT2D eigenvalue weighted by molar-refractivity contribution is -0.135. The summed E-state index contributed by atoms with van der Waals surface area (Å²) in [5, 5.41) is 4.19. The lowest BCUT2D eigenvalue weighted by atomic mass is 9.86. The molecule has 1 aromatic carbocycles. The first kappa shape index (κ1) is 18.2. The molecule has 2 fully saturated rings. The highest BCUT2D eigenvalue weighted by molar-refractivity contribution is 5.76. The Labute approximate surface area is 159 Å². The molecular formula is C21H27FN4O. The van der Waals surface area contributed by atoms with Gasteiger partial charge in [0.1, 0.15) is 12.4 Å². The lowest BCUT2D eigenvalue weighted by Crippen LogP contribution is -2.51. The predicted octanol–water partition coefficient (Wildman–Crippen LogP) is 2.89. The van der Waals surface area contributed by atoms with E-state index in [1.807, 2.05) is 18.3 Å². The Morgan fingerprint density at radius 2 is 2.15 bits per heavy atom. The number of likely N-dealkylation sites (tertiary alicyclic amines) is 2. The number of fused-ring (bicyclic) bond motifs is 1. The van der Waals surface area contributed by atoms with E-state index in [1.165, 1.54) is 12.5 Å². The molecule has 4 rings (SSSR count). The fraction of sp³-hybridized carbons (Fsp3) is 0.524. The van der Waals surface area contributed by atoms with Gasteiger partial charge in [0.25, 0.3) is 0 Å². The summed E-state index contributed by atoms with van der Waals surface area (Å²) in [6.07, 6.45) is 7.95. The highest BCUT2D eigenvalue weighted by Crippen LogP contribution is 2.38. The largest absolute Gasteiger partial charge is 0.336 e. The second-order valence-corrected chi connectivity index (χ2v) is 7.80. The first-order valence-corrected chi connectivity index (χ1v) is 9.86. The van der Waals surface area contributed by atoms with Gasteiger partial charge in [0.05, 0.1) is 6.04 Å². The summed E-state index contributed by atoms with van der Waals surface area (Å²) in [4.78, 5) is 17.6. The molecule has 0 bridgehead atoms. The molecule has 2 saturated heterocycles. The molecule has 3 heterocycles. The summed E-state index contributed by atoms with van der Waals surface area (Å²) in [5.41, 5.74) is 0.992. The van der Waals surface area contributed by atoms with E-state index < -0.39 is 0 Å². The number of hydrogen-bond donors (Lipinski definition) is 0. The summed E-state index contributed by atoms with van der Waals surface area (Å²) in [6, 6.07) is 9.13. The van der Waals surface area contributed by atoms with E-state index in [0.717, 1.165) is 37.9 Å². The minimum Gasteiger partial charge on any atom is -0.336 e. The number of aromatic nitrogens is 2. The Kier molecular flexibility index (Phi) is 5.25. The summed E-state index contributed by atoms with van der Waals surface area (Å²) in [5.74, 6) is 0.0292. The van der Waals surface area contributed by atoms with Gasteiger partial charge in [-0.15, -0.1) is 0 Å². The Morgan fingerprint density at radius 1 is 1.26 bits per heavy atom. The Morgan fingerprint density at radius 3 is 2.93 bits per heavy atom. The van der Waals surface area contributed by atoms with E-state index in [9.17, 15) is 9.18 Å². The molecule has 5 nitrogen and oxygen atoms in total. The molecule has 6 heteroatoms. The lowest BCUT2D eigenvalue weighted by Gasteiger charge is -2.39. The summed E-state index contributed by atoms with van der Waals surface area (Å²) >= 11 is 0. The van der Waals surface area contributed by atoms with Crippen LogP contribution in [0.4, 0.5) is 4.39 Å². The maximum atomic E-state index is 13.9. The average molecular weight is 370 g/mol. The van der Waals surface area contributed by atoms with Crippen molar-refractivity contribution in [2.45, 2.75) is 50.2 Å². The molecule has 2 aliphatic rings. The molecule has 1 aromatic heterocycles. The molecule has 0 N–H and O–H groups in total. The number of nitrogens with zero attached hydrogens (tertiary/aromatic N) is 4. The van der Waals surface area contributed by atoms with Crippen molar-refractivity contribution in [3.63, 3.8) is 0 Å².